The summed E-state index contributed by atoms with van der Waals surface area (Å²) in [4.78, 5) is 15.3. The number of aromatic nitrogens is 2. The van der Waals surface area contributed by atoms with Crippen molar-refractivity contribution in [3.63, 3.8) is 0 Å². The number of halogens is 1. The number of esters is 1. The van der Waals surface area contributed by atoms with E-state index in [-0.39, 0.29) is 17.2 Å². The summed E-state index contributed by atoms with van der Waals surface area (Å²) in [5.74, 6) is -0.502. The summed E-state index contributed by atoms with van der Waals surface area (Å²) in [6.45, 7) is 2.01. The summed E-state index contributed by atoms with van der Waals surface area (Å²) in [6, 6.07) is 0. The van der Waals surface area contributed by atoms with Gasteiger partial charge in [-0.1, -0.05) is 16.8 Å². The normalized spacial score (nSPS) is 10.5. The van der Waals surface area contributed by atoms with Crippen LogP contribution >= 0.6 is 11.6 Å². The maximum Gasteiger partial charge on any atom is 0.341 e. The molecule has 2 aromatic rings. The average Bonchev–Trinajstić information content (AvgIpc) is 2.67. The molecule has 0 aromatic carbocycles. The molecule has 5 nitrogen and oxygen atoms in total. The lowest BCUT2D eigenvalue weighted by Gasteiger charge is -2.02. The lowest BCUT2D eigenvalue weighted by molar-refractivity contribution is 0.0526. The molecule has 0 aliphatic carbocycles. The average molecular weight is 227 g/mol. The Hall–Kier alpha value is -1.62. The first-order chi connectivity index (χ1) is 7.24. The third-order valence-corrected chi connectivity index (χ3v) is 2.24. The van der Waals surface area contributed by atoms with E-state index in [9.17, 15) is 4.79 Å². The van der Waals surface area contributed by atoms with E-state index >= 15 is 0 Å². The van der Waals surface area contributed by atoms with Crippen LogP contribution in [0.15, 0.2) is 16.9 Å². The van der Waals surface area contributed by atoms with Crippen LogP contribution in [0.25, 0.3) is 11.1 Å². The quantitative estimate of drug-likeness (QED) is 0.734. The van der Waals surface area contributed by atoms with Gasteiger partial charge in [0.2, 0.25) is 0 Å². The predicted molar refractivity (Wildman–Crippen MR) is 52.8 cm³/mol. The minimum Gasteiger partial charge on any atom is -0.462 e. The standard InChI is InChI=1S/C9H7ClN2O3/c1-2-14-9(13)6-3-11-8-5(7(6)10)4-12-15-8/h3-4H,2H2,1H3. The van der Waals surface area contributed by atoms with Crippen molar-refractivity contribution in [1.82, 2.24) is 10.1 Å². The smallest absolute Gasteiger partial charge is 0.341 e. The highest BCUT2D eigenvalue weighted by atomic mass is 35.5. The molecule has 15 heavy (non-hydrogen) atoms. The number of carbonyl (C=O) groups is 1. The van der Waals surface area contributed by atoms with Crippen molar-refractivity contribution in [3.05, 3.63) is 23.0 Å². The number of rotatable bonds is 2. The number of nitrogens with zero attached hydrogens (tertiary/aromatic N) is 2. The predicted octanol–water partition coefficient (Wildman–Crippen LogP) is 2.05. The molecule has 0 unspecified atom stereocenters. The summed E-state index contributed by atoms with van der Waals surface area (Å²) in [5.41, 5.74) is 0.516. The highest BCUT2D eigenvalue weighted by molar-refractivity contribution is 6.37. The van der Waals surface area contributed by atoms with Gasteiger partial charge in [0.1, 0.15) is 0 Å². The summed E-state index contributed by atoms with van der Waals surface area (Å²) in [6.07, 6.45) is 2.72. The first-order valence-corrected chi connectivity index (χ1v) is 4.68. The molecule has 0 amide bonds. The van der Waals surface area contributed by atoms with Gasteiger partial charge in [-0.3, -0.25) is 0 Å². The van der Waals surface area contributed by atoms with Gasteiger partial charge in [-0.2, -0.15) is 0 Å². The molecular formula is C9H7ClN2O3. The van der Waals surface area contributed by atoms with Crippen LogP contribution in [0.4, 0.5) is 0 Å². The summed E-state index contributed by atoms with van der Waals surface area (Å²) in [5, 5.41) is 4.29. The third kappa shape index (κ3) is 1.66. The Balaban J connectivity index is 2.52. The molecule has 2 heterocycles. The van der Waals surface area contributed by atoms with Gasteiger partial charge in [0.05, 0.1) is 28.8 Å². The highest BCUT2D eigenvalue weighted by Crippen LogP contribution is 2.25. The number of carbonyl (C=O) groups excluding carboxylic acids is 1. The molecular weight excluding hydrogens is 220 g/mol. The maximum atomic E-state index is 11.4. The van der Waals surface area contributed by atoms with Gasteiger partial charge >= 0.3 is 5.97 Å². The number of hydrogen-bond acceptors (Lipinski definition) is 5. The fourth-order valence-corrected chi connectivity index (χ4v) is 1.41. The van der Waals surface area contributed by atoms with Gasteiger partial charge in [-0.15, -0.1) is 0 Å². The van der Waals surface area contributed by atoms with Crippen molar-refractivity contribution in [1.29, 1.82) is 0 Å². The molecule has 0 saturated heterocycles. The van der Waals surface area contributed by atoms with Gasteiger partial charge in [0.15, 0.2) is 0 Å². The van der Waals surface area contributed by atoms with Gasteiger partial charge in [0, 0.05) is 6.20 Å². The molecule has 0 bridgehead atoms. The largest absolute Gasteiger partial charge is 0.462 e. The van der Waals surface area contributed by atoms with E-state index in [2.05, 4.69) is 10.1 Å². The molecule has 0 N–H and O–H groups in total. The molecule has 6 heteroatoms. The lowest BCUT2D eigenvalue weighted by atomic mass is 10.2. The molecule has 0 fully saturated rings. The van der Waals surface area contributed by atoms with Crippen LogP contribution in [0.1, 0.15) is 17.3 Å². The van der Waals surface area contributed by atoms with Gasteiger partial charge < -0.3 is 9.26 Å². The minimum absolute atomic E-state index is 0.217. The monoisotopic (exact) mass is 226 g/mol. The Bertz CT molecular complexity index is 509. The number of pyridine rings is 1. The molecule has 2 aromatic heterocycles. The molecule has 0 radical (unpaired) electrons. The maximum absolute atomic E-state index is 11.4. The van der Waals surface area contributed by atoms with E-state index in [0.29, 0.717) is 11.1 Å². The zero-order valence-electron chi connectivity index (χ0n) is 7.86. The van der Waals surface area contributed by atoms with Crippen molar-refractivity contribution in [2.45, 2.75) is 6.92 Å². The molecule has 0 spiro atoms. The highest BCUT2D eigenvalue weighted by Gasteiger charge is 2.16. The molecule has 2 rings (SSSR count). The molecule has 0 aliphatic rings. The second-order valence-electron chi connectivity index (χ2n) is 2.75. The van der Waals surface area contributed by atoms with Gasteiger partial charge in [-0.25, -0.2) is 9.78 Å². The van der Waals surface area contributed by atoms with Crippen molar-refractivity contribution in [2.75, 3.05) is 6.61 Å². The van der Waals surface area contributed by atoms with E-state index in [0.717, 1.165) is 0 Å². The Morgan fingerprint density at radius 3 is 3.13 bits per heavy atom. The molecule has 78 valence electrons. The van der Waals surface area contributed by atoms with Crippen molar-refractivity contribution in [2.24, 2.45) is 0 Å². The molecule has 0 aliphatic heterocycles. The Labute approximate surface area is 90.0 Å². The number of hydrogen-bond donors (Lipinski definition) is 0. The fraction of sp³-hybridized carbons (Fsp3) is 0.222. The topological polar surface area (TPSA) is 65.2 Å². The Morgan fingerprint density at radius 1 is 1.60 bits per heavy atom. The minimum atomic E-state index is -0.502. The van der Waals surface area contributed by atoms with Crippen LogP contribution in [-0.4, -0.2) is 22.7 Å². The SMILES string of the molecule is CCOC(=O)c1cnc2oncc2c1Cl. The van der Waals surface area contributed by atoms with Crippen molar-refractivity contribution >= 4 is 28.7 Å². The van der Waals surface area contributed by atoms with Crippen molar-refractivity contribution < 1.29 is 14.1 Å². The first-order valence-electron chi connectivity index (χ1n) is 4.30. The van der Waals surface area contributed by atoms with E-state index in [4.69, 9.17) is 20.9 Å². The fourth-order valence-electron chi connectivity index (χ4n) is 1.15. The Kier molecular flexibility index (Phi) is 2.55. The van der Waals surface area contributed by atoms with Crippen LogP contribution in [0.5, 0.6) is 0 Å². The third-order valence-electron chi connectivity index (χ3n) is 1.83. The van der Waals surface area contributed by atoms with Crippen LogP contribution in [0, 0.1) is 0 Å². The summed E-state index contributed by atoms with van der Waals surface area (Å²) >= 11 is 5.97. The molecule has 0 saturated carbocycles. The number of ether oxygens (including phenoxy) is 1. The van der Waals surface area contributed by atoms with E-state index in [1.165, 1.54) is 12.4 Å². The molecule has 0 atom stereocenters. The van der Waals surface area contributed by atoms with Gasteiger partial charge in [0.25, 0.3) is 5.71 Å². The van der Waals surface area contributed by atoms with Crippen LogP contribution in [0.2, 0.25) is 5.02 Å². The number of fused-ring (bicyclic) bond motifs is 1. The van der Waals surface area contributed by atoms with E-state index in [1.54, 1.807) is 6.92 Å². The van der Waals surface area contributed by atoms with E-state index in [1.807, 2.05) is 0 Å². The second kappa shape index (κ2) is 3.86. The summed E-state index contributed by atoms with van der Waals surface area (Å²) in [7, 11) is 0. The summed E-state index contributed by atoms with van der Waals surface area (Å²) < 4.78 is 9.62. The second-order valence-corrected chi connectivity index (χ2v) is 3.13. The van der Waals surface area contributed by atoms with Crippen LogP contribution in [0.3, 0.4) is 0 Å². The zero-order chi connectivity index (χ0) is 10.8. The van der Waals surface area contributed by atoms with Crippen LogP contribution < -0.4 is 0 Å². The zero-order valence-corrected chi connectivity index (χ0v) is 8.61. The lowest BCUT2D eigenvalue weighted by Crippen LogP contribution is -2.05. The van der Waals surface area contributed by atoms with Crippen LogP contribution in [-0.2, 0) is 4.74 Å². The van der Waals surface area contributed by atoms with Gasteiger partial charge in [-0.05, 0) is 6.92 Å². The Morgan fingerprint density at radius 2 is 2.40 bits per heavy atom. The van der Waals surface area contributed by atoms with E-state index < -0.39 is 5.97 Å². The first kappa shape index (κ1) is 9.92. The van der Waals surface area contributed by atoms with Crippen molar-refractivity contribution in [3.8, 4) is 0 Å².